The van der Waals surface area contributed by atoms with Crippen LogP contribution in [0.4, 0.5) is 11.4 Å². The Morgan fingerprint density at radius 2 is 2.08 bits per heavy atom. The molecule has 0 spiro atoms. The molecule has 0 saturated carbocycles. The molecule has 1 heterocycles. The van der Waals surface area contributed by atoms with Gasteiger partial charge in [0, 0.05) is 18.5 Å². The molecule has 11 heteroatoms. The van der Waals surface area contributed by atoms with Crippen molar-refractivity contribution in [2.45, 2.75) is 4.90 Å². The van der Waals surface area contributed by atoms with Gasteiger partial charge in [0.2, 0.25) is 0 Å². The van der Waals surface area contributed by atoms with Crippen molar-refractivity contribution in [1.29, 1.82) is 5.26 Å². The third kappa shape index (κ3) is 3.15. The SMILES string of the molecule is COC(=O)c1c(N)c(C#N)cn1-c1ccc(S(C)(=O)=O)cc1[N+](=O)[O-]. The maximum absolute atomic E-state index is 12.0. The number of hydrogen-bond donors (Lipinski definition) is 1. The average molecular weight is 364 g/mol. The summed E-state index contributed by atoms with van der Waals surface area (Å²) in [6, 6.07) is 4.95. The summed E-state index contributed by atoms with van der Waals surface area (Å²) in [6.07, 6.45) is 2.05. The maximum Gasteiger partial charge on any atom is 0.357 e. The third-order valence-corrected chi connectivity index (χ3v) is 4.49. The molecule has 0 radical (unpaired) electrons. The van der Waals surface area contributed by atoms with E-state index in [1.165, 1.54) is 0 Å². The van der Waals surface area contributed by atoms with E-state index in [2.05, 4.69) is 4.74 Å². The number of nitro benzene ring substituents is 1. The van der Waals surface area contributed by atoms with Crippen molar-refractivity contribution in [3.63, 3.8) is 0 Å². The van der Waals surface area contributed by atoms with Gasteiger partial charge in [0.25, 0.3) is 5.69 Å². The first-order chi connectivity index (χ1) is 11.6. The number of esters is 1. The highest BCUT2D eigenvalue weighted by Gasteiger charge is 2.27. The highest BCUT2D eigenvalue weighted by molar-refractivity contribution is 7.90. The van der Waals surface area contributed by atoms with E-state index in [1.54, 1.807) is 6.07 Å². The van der Waals surface area contributed by atoms with E-state index in [0.29, 0.717) is 0 Å². The smallest absolute Gasteiger partial charge is 0.357 e. The summed E-state index contributed by atoms with van der Waals surface area (Å²) in [5, 5.41) is 20.4. The first kappa shape index (κ1) is 18.0. The Kier molecular flexibility index (Phi) is 4.49. The summed E-state index contributed by atoms with van der Waals surface area (Å²) in [5.41, 5.74) is 4.49. The zero-order chi connectivity index (χ0) is 18.9. The number of nitriles is 1. The number of rotatable bonds is 4. The number of carbonyl (C=O) groups is 1. The van der Waals surface area contributed by atoms with Gasteiger partial charge in [0.05, 0.1) is 28.2 Å². The minimum atomic E-state index is -3.68. The lowest BCUT2D eigenvalue weighted by Gasteiger charge is -2.10. The number of benzene rings is 1. The van der Waals surface area contributed by atoms with Crippen LogP contribution in [-0.2, 0) is 14.6 Å². The Hall–Kier alpha value is -3.39. The fourth-order valence-electron chi connectivity index (χ4n) is 2.19. The Morgan fingerprint density at radius 3 is 2.56 bits per heavy atom. The number of nitrogen functional groups attached to an aromatic ring is 1. The summed E-state index contributed by atoms with van der Waals surface area (Å²) >= 11 is 0. The quantitative estimate of drug-likeness (QED) is 0.478. The second-order valence-corrected chi connectivity index (χ2v) is 6.97. The lowest BCUT2D eigenvalue weighted by atomic mass is 10.2. The number of anilines is 1. The van der Waals surface area contributed by atoms with Gasteiger partial charge >= 0.3 is 5.97 Å². The van der Waals surface area contributed by atoms with Crippen molar-refractivity contribution in [2.75, 3.05) is 19.1 Å². The number of carbonyl (C=O) groups excluding carboxylic acids is 1. The first-order valence-electron chi connectivity index (χ1n) is 6.60. The van der Waals surface area contributed by atoms with Crippen LogP contribution in [0, 0.1) is 21.4 Å². The zero-order valence-corrected chi connectivity index (χ0v) is 13.9. The molecule has 0 aliphatic carbocycles. The van der Waals surface area contributed by atoms with Crippen LogP contribution in [-0.4, -0.2) is 37.2 Å². The fourth-order valence-corrected chi connectivity index (χ4v) is 2.83. The molecule has 2 aromatic rings. The van der Waals surface area contributed by atoms with Gasteiger partial charge in [0.1, 0.15) is 11.8 Å². The molecule has 1 aromatic carbocycles. The molecule has 0 aliphatic rings. The Labute approximate surface area is 142 Å². The molecule has 0 fully saturated rings. The number of sulfone groups is 1. The van der Waals surface area contributed by atoms with E-state index in [9.17, 15) is 23.3 Å². The van der Waals surface area contributed by atoms with Crippen molar-refractivity contribution in [3.8, 4) is 11.8 Å². The van der Waals surface area contributed by atoms with Crippen LogP contribution in [0.2, 0.25) is 0 Å². The number of nitrogens with zero attached hydrogens (tertiary/aromatic N) is 3. The van der Waals surface area contributed by atoms with Crippen LogP contribution in [0.25, 0.3) is 5.69 Å². The van der Waals surface area contributed by atoms with Crippen LogP contribution < -0.4 is 5.73 Å². The van der Waals surface area contributed by atoms with Gasteiger partial charge in [-0.25, -0.2) is 13.2 Å². The first-order valence-corrected chi connectivity index (χ1v) is 8.49. The number of aromatic nitrogens is 1. The summed E-state index contributed by atoms with van der Waals surface area (Å²) in [6.45, 7) is 0. The molecule has 2 N–H and O–H groups in total. The molecule has 130 valence electrons. The van der Waals surface area contributed by atoms with Crippen molar-refractivity contribution < 1.29 is 22.9 Å². The molecule has 0 aliphatic heterocycles. The van der Waals surface area contributed by atoms with Gasteiger partial charge in [-0.05, 0) is 12.1 Å². The monoisotopic (exact) mass is 364 g/mol. The molecule has 1 aromatic heterocycles. The number of methoxy groups -OCH3 is 1. The van der Waals surface area contributed by atoms with E-state index in [0.717, 1.165) is 42.3 Å². The van der Waals surface area contributed by atoms with Crippen LogP contribution in [0.5, 0.6) is 0 Å². The van der Waals surface area contributed by atoms with E-state index in [-0.39, 0.29) is 27.5 Å². The van der Waals surface area contributed by atoms with Crippen molar-refractivity contribution >= 4 is 27.2 Å². The molecule has 2 rings (SSSR count). The molecule has 25 heavy (non-hydrogen) atoms. The van der Waals surface area contributed by atoms with E-state index in [1.807, 2.05) is 0 Å². The number of nitrogens with two attached hydrogens (primary N) is 1. The number of nitro groups is 1. The molecule has 0 saturated heterocycles. The van der Waals surface area contributed by atoms with Gasteiger partial charge in [-0.1, -0.05) is 0 Å². The van der Waals surface area contributed by atoms with Crippen LogP contribution in [0.15, 0.2) is 29.3 Å². The topological polar surface area (TPSA) is 158 Å². The fraction of sp³-hybridized carbons (Fsp3) is 0.143. The van der Waals surface area contributed by atoms with Crippen LogP contribution in [0.1, 0.15) is 16.1 Å². The average Bonchev–Trinajstić information content (AvgIpc) is 2.89. The van der Waals surface area contributed by atoms with E-state index in [4.69, 9.17) is 11.0 Å². The highest BCUT2D eigenvalue weighted by Crippen LogP contribution is 2.31. The van der Waals surface area contributed by atoms with Crippen molar-refractivity contribution in [3.05, 3.63) is 45.8 Å². The molecular formula is C14H12N4O6S. The highest BCUT2D eigenvalue weighted by atomic mass is 32.2. The molecule has 0 atom stereocenters. The van der Waals surface area contributed by atoms with E-state index >= 15 is 0 Å². The Bertz CT molecular complexity index is 1030. The molecule has 10 nitrogen and oxygen atoms in total. The Morgan fingerprint density at radius 1 is 1.44 bits per heavy atom. The standard InChI is InChI=1S/C14H12N4O6S/c1-24-14(19)13-12(16)8(6-15)7-17(13)10-4-3-9(25(2,22)23)5-11(10)18(20)21/h3-5,7H,16H2,1-2H3. The summed E-state index contributed by atoms with van der Waals surface area (Å²) in [7, 11) is -2.59. The lowest BCUT2D eigenvalue weighted by molar-refractivity contribution is -0.384. The zero-order valence-electron chi connectivity index (χ0n) is 13.1. The van der Waals surface area contributed by atoms with Gasteiger partial charge in [-0.2, -0.15) is 5.26 Å². The number of ether oxygens (including phenoxy) is 1. The van der Waals surface area contributed by atoms with E-state index < -0.39 is 26.4 Å². The second kappa shape index (κ2) is 6.25. The van der Waals surface area contributed by atoms with Gasteiger partial charge in [-0.15, -0.1) is 0 Å². The molecule has 0 bridgehead atoms. The predicted molar refractivity (Wildman–Crippen MR) is 86.0 cm³/mol. The lowest BCUT2D eigenvalue weighted by Crippen LogP contribution is -2.12. The predicted octanol–water partition coefficient (Wildman–Crippen LogP) is 1.03. The maximum atomic E-state index is 12.0. The van der Waals surface area contributed by atoms with Gasteiger partial charge < -0.3 is 15.0 Å². The van der Waals surface area contributed by atoms with Crippen molar-refractivity contribution in [1.82, 2.24) is 4.57 Å². The number of hydrogen-bond acceptors (Lipinski definition) is 8. The van der Waals surface area contributed by atoms with Crippen molar-refractivity contribution in [2.24, 2.45) is 0 Å². The van der Waals surface area contributed by atoms with Crippen LogP contribution >= 0.6 is 0 Å². The van der Waals surface area contributed by atoms with Crippen LogP contribution in [0.3, 0.4) is 0 Å². The molecule has 0 amide bonds. The second-order valence-electron chi connectivity index (χ2n) is 4.96. The van der Waals surface area contributed by atoms with Gasteiger partial charge in [-0.3, -0.25) is 10.1 Å². The summed E-state index contributed by atoms with van der Waals surface area (Å²) in [4.78, 5) is 22.3. The molecular weight excluding hydrogens is 352 g/mol. The third-order valence-electron chi connectivity index (χ3n) is 3.37. The summed E-state index contributed by atoms with van der Waals surface area (Å²) < 4.78 is 28.9. The van der Waals surface area contributed by atoms with Gasteiger partial charge in [0.15, 0.2) is 15.5 Å². The summed E-state index contributed by atoms with van der Waals surface area (Å²) in [5.74, 6) is -0.902. The minimum absolute atomic E-state index is 0.0816. The normalized spacial score (nSPS) is 10.9. The minimum Gasteiger partial charge on any atom is -0.464 e. The largest absolute Gasteiger partial charge is 0.464 e. The Balaban J connectivity index is 2.85. The molecule has 0 unspecified atom stereocenters.